The van der Waals surface area contributed by atoms with Gasteiger partial charge in [0.15, 0.2) is 0 Å². The number of amides is 3. The molecule has 2 atom stereocenters. The van der Waals surface area contributed by atoms with Gasteiger partial charge in [-0.15, -0.1) is 0 Å². The van der Waals surface area contributed by atoms with Crippen LogP contribution in [0.5, 0.6) is 0 Å². The van der Waals surface area contributed by atoms with E-state index in [0.29, 0.717) is 12.2 Å². The number of aliphatic hydroxyl groups excluding tert-OH is 1. The molecule has 0 radical (unpaired) electrons. The molecule has 2 heterocycles. The highest BCUT2D eigenvalue weighted by Crippen LogP contribution is 2.25. The minimum atomic E-state index is -0.718. The van der Waals surface area contributed by atoms with Crippen LogP contribution >= 0.6 is 0 Å². The Balaban J connectivity index is 1.62. The van der Waals surface area contributed by atoms with Crippen molar-refractivity contribution in [2.45, 2.75) is 38.8 Å². The van der Waals surface area contributed by atoms with Gasteiger partial charge in [-0.1, -0.05) is 25.1 Å². The molecule has 2 fully saturated rings. The summed E-state index contributed by atoms with van der Waals surface area (Å²) in [5.41, 5.74) is 0.704. The molecule has 25 heavy (non-hydrogen) atoms. The van der Waals surface area contributed by atoms with E-state index in [4.69, 9.17) is 0 Å². The van der Waals surface area contributed by atoms with Crippen LogP contribution in [0.3, 0.4) is 0 Å². The molecule has 0 aromatic heterocycles. The fraction of sp³-hybridized carbons (Fsp3) is 0.579. The first kappa shape index (κ1) is 17.9. The zero-order valence-corrected chi connectivity index (χ0v) is 15.0. The van der Waals surface area contributed by atoms with Gasteiger partial charge < -0.3 is 10.0 Å². The number of aliphatic hydroxyl groups is 1. The van der Waals surface area contributed by atoms with Gasteiger partial charge >= 0.3 is 6.03 Å². The fourth-order valence-electron chi connectivity index (χ4n) is 3.63. The van der Waals surface area contributed by atoms with E-state index in [0.717, 1.165) is 31.8 Å². The van der Waals surface area contributed by atoms with Gasteiger partial charge in [-0.25, -0.2) is 4.79 Å². The number of piperidine rings is 1. The molecule has 0 spiro atoms. The molecule has 0 unspecified atom stereocenters. The predicted molar refractivity (Wildman–Crippen MR) is 96.3 cm³/mol. The smallest absolute Gasteiger partial charge is 0.332 e. The van der Waals surface area contributed by atoms with Gasteiger partial charge in [-0.2, -0.15) is 0 Å². The summed E-state index contributed by atoms with van der Waals surface area (Å²) in [5.74, 6) is 0.482. The van der Waals surface area contributed by atoms with Crippen LogP contribution in [-0.4, -0.2) is 65.2 Å². The van der Waals surface area contributed by atoms with Crippen LogP contribution in [0.25, 0.3) is 0 Å². The molecule has 2 saturated heterocycles. The summed E-state index contributed by atoms with van der Waals surface area (Å²) in [5, 5.41) is 10.4. The van der Waals surface area contributed by atoms with Crippen molar-refractivity contribution < 1.29 is 14.7 Å². The van der Waals surface area contributed by atoms with Gasteiger partial charge in [0, 0.05) is 12.2 Å². The lowest BCUT2D eigenvalue weighted by atomic mass is 9.99. The topological polar surface area (TPSA) is 64.1 Å². The number of imide groups is 1. The Labute approximate surface area is 149 Å². The van der Waals surface area contributed by atoms with Crippen molar-refractivity contribution >= 4 is 17.6 Å². The predicted octanol–water partition coefficient (Wildman–Crippen LogP) is 1.94. The molecule has 1 aromatic rings. The number of anilines is 1. The second-order valence-corrected chi connectivity index (χ2v) is 7.25. The summed E-state index contributed by atoms with van der Waals surface area (Å²) < 4.78 is 0. The van der Waals surface area contributed by atoms with E-state index in [1.807, 2.05) is 30.3 Å². The number of likely N-dealkylation sites (tertiary alicyclic amines) is 1. The second kappa shape index (κ2) is 7.54. The number of hydrogen-bond acceptors (Lipinski definition) is 4. The van der Waals surface area contributed by atoms with Gasteiger partial charge in [0.1, 0.15) is 6.04 Å². The number of β-amino-alcohol motifs (C(OH)–C–C–N with tert-alkyl or cyclic N) is 1. The van der Waals surface area contributed by atoms with Crippen molar-refractivity contribution in [2.75, 3.05) is 31.1 Å². The summed E-state index contributed by atoms with van der Waals surface area (Å²) >= 11 is 0. The quantitative estimate of drug-likeness (QED) is 0.829. The Kier molecular flexibility index (Phi) is 5.39. The van der Waals surface area contributed by atoms with Crippen molar-refractivity contribution in [3.05, 3.63) is 30.3 Å². The highest BCUT2D eigenvalue weighted by molar-refractivity contribution is 6.14. The zero-order chi connectivity index (χ0) is 18.0. The molecule has 136 valence electrons. The first-order valence-electron chi connectivity index (χ1n) is 9.07. The Morgan fingerprint density at radius 3 is 2.36 bits per heavy atom. The molecule has 0 bridgehead atoms. The number of urea groups is 1. The maximum absolute atomic E-state index is 12.7. The molecular formula is C19H27N3O3. The number of hydrogen-bond donors (Lipinski definition) is 1. The SMILES string of the molecule is CC1CCN(C[C@H](O)CN2C(=O)[C@@H](C)N(c3ccccc3)C2=O)CC1. The molecule has 0 saturated carbocycles. The third-order valence-electron chi connectivity index (χ3n) is 5.22. The second-order valence-electron chi connectivity index (χ2n) is 7.25. The third-order valence-corrected chi connectivity index (χ3v) is 5.22. The number of para-hydroxylation sites is 1. The maximum atomic E-state index is 12.7. The summed E-state index contributed by atoms with van der Waals surface area (Å²) in [6.45, 7) is 6.46. The van der Waals surface area contributed by atoms with Crippen molar-refractivity contribution in [3.63, 3.8) is 0 Å². The van der Waals surface area contributed by atoms with E-state index < -0.39 is 12.1 Å². The van der Waals surface area contributed by atoms with Gasteiger partial charge in [-0.05, 0) is 50.9 Å². The van der Waals surface area contributed by atoms with Gasteiger partial charge in [0.2, 0.25) is 0 Å². The minimum Gasteiger partial charge on any atom is -0.390 e. The summed E-state index contributed by atoms with van der Waals surface area (Å²) in [7, 11) is 0. The van der Waals surface area contributed by atoms with E-state index in [2.05, 4.69) is 11.8 Å². The summed E-state index contributed by atoms with van der Waals surface area (Å²) in [6, 6.07) is 8.29. The molecule has 6 nitrogen and oxygen atoms in total. The first-order chi connectivity index (χ1) is 12.0. The minimum absolute atomic E-state index is 0.0530. The van der Waals surface area contributed by atoms with E-state index in [1.165, 1.54) is 9.80 Å². The van der Waals surface area contributed by atoms with Crippen molar-refractivity contribution in [1.29, 1.82) is 0 Å². The first-order valence-corrected chi connectivity index (χ1v) is 9.07. The Morgan fingerprint density at radius 1 is 1.08 bits per heavy atom. The van der Waals surface area contributed by atoms with Crippen molar-refractivity contribution in [2.24, 2.45) is 5.92 Å². The molecule has 2 aliphatic heterocycles. The molecular weight excluding hydrogens is 318 g/mol. The standard InChI is InChI=1S/C19H27N3O3/c1-14-8-10-20(11-9-14)12-17(23)13-21-18(24)15(2)22(19(21)25)16-6-4-3-5-7-16/h3-7,14-15,17,23H,8-13H2,1-2H3/t15-,17+/m1/s1. The van der Waals surface area contributed by atoms with Gasteiger partial charge in [0.25, 0.3) is 5.91 Å². The van der Waals surface area contributed by atoms with Crippen LogP contribution in [0.15, 0.2) is 30.3 Å². The van der Waals surface area contributed by atoms with E-state index in [-0.39, 0.29) is 18.5 Å². The Morgan fingerprint density at radius 2 is 1.72 bits per heavy atom. The normalized spacial score (nSPS) is 24.2. The monoisotopic (exact) mass is 345 g/mol. The van der Waals surface area contributed by atoms with Gasteiger partial charge in [0.05, 0.1) is 12.6 Å². The number of rotatable bonds is 5. The molecule has 3 rings (SSSR count). The van der Waals surface area contributed by atoms with E-state index >= 15 is 0 Å². The highest BCUT2D eigenvalue weighted by Gasteiger charge is 2.43. The lowest BCUT2D eigenvalue weighted by Crippen LogP contribution is -2.45. The molecule has 2 aliphatic rings. The van der Waals surface area contributed by atoms with Crippen LogP contribution in [0, 0.1) is 5.92 Å². The fourth-order valence-corrected chi connectivity index (χ4v) is 3.63. The third kappa shape index (κ3) is 3.85. The molecule has 1 N–H and O–H groups in total. The van der Waals surface area contributed by atoms with Crippen LogP contribution < -0.4 is 4.90 Å². The number of carbonyl (C=O) groups excluding carboxylic acids is 2. The summed E-state index contributed by atoms with van der Waals surface area (Å²) in [4.78, 5) is 30.1. The number of nitrogens with zero attached hydrogens (tertiary/aromatic N) is 3. The van der Waals surface area contributed by atoms with Gasteiger partial charge in [-0.3, -0.25) is 14.6 Å². The van der Waals surface area contributed by atoms with Crippen molar-refractivity contribution in [3.8, 4) is 0 Å². The van der Waals surface area contributed by atoms with E-state index in [1.54, 1.807) is 6.92 Å². The van der Waals surface area contributed by atoms with Crippen LogP contribution in [0.4, 0.5) is 10.5 Å². The Hall–Kier alpha value is -1.92. The lowest BCUT2D eigenvalue weighted by Gasteiger charge is -2.32. The van der Waals surface area contributed by atoms with Crippen LogP contribution in [-0.2, 0) is 4.79 Å². The largest absolute Gasteiger partial charge is 0.390 e. The number of carbonyl (C=O) groups is 2. The number of benzene rings is 1. The summed E-state index contributed by atoms with van der Waals surface area (Å²) in [6.07, 6.45) is 1.55. The Bertz CT molecular complexity index is 614. The lowest BCUT2D eigenvalue weighted by molar-refractivity contribution is -0.128. The van der Waals surface area contributed by atoms with E-state index in [9.17, 15) is 14.7 Å². The maximum Gasteiger partial charge on any atom is 0.332 e. The molecule has 3 amide bonds. The molecule has 0 aliphatic carbocycles. The average Bonchev–Trinajstić information content (AvgIpc) is 2.81. The molecule has 6 heteroatoms. The molecule has 1 aromatic carbocycles. The highest BCUT2D eigenvalue weighted by atomic mass is 16.3. The van der Waals surface area contributed by atoms with Crippen LogP contribution in [0.1, 0.15) is 26.7 Å². The van der Waals surface area contributed by atoms with Crippen LogP contribution in [0.2, 0.25) is 0 Å². The van der Waals surface area contributed by atoms with Crippen molar-refractivity contribution in [1.82, 2.24) is 9.80 Å². The zero-order valence-electron chi connectivity index (χ0n) is 15.0. The average molecular weight is 345 g/mol.